The van der Waals surface area contributed by atoms with Gasteiger partial charge in [-0.25, -0.2) is 0 Å². The van der Waals surface area contributed by atoms with E-state index in [4.69, 9.17) is 0 Å². The molecule has 2 aromatic rings. The Balaban J connectivity index is 1.56. The van der Waals surface area contributed by atoms with Gasteiger partial charge >= 0.3 is 0 Å². The third-order valence-corrected chi connectivity index (χ3v) is 5.97. The highest BCUT2D eigenvalue weighted by atomic mass is 79.9. The van der Waals surface area contributed by atoms with Gasteiger partial charge in [-0.3, -0.25) is 9.59 Å². The van der Waals surface area contributed by atoms with Crippen LogP contribution in [0.5, 0.6) is 0 Å². The molecule has 1 N–H and O–H groups in total. The van der Waals surface area contributed by atoms with E-state index in [1.165, 1.54) is 5.56 Å². The minimum absolute atomic E-state index is 0.0218. The minimum atomic E-state index is -0.0700. The molecule has 0 spiro atoms. The molecule has 0 unspecified atom stereocenters. The molecule has 2 aromatic carbocycles. The average molecular weight is 443 g/mol. The van der Waals surface area contributed by atoms with Gasteiger partial charge in [0.25, 0.3) is 5.91 Å². The molecule has 0 aliphatic carbocycles. The number of halogens is 1. The van der Waals surface area contributed by atoms with E-state index in [1.807, 2.05) is 53.4 Å². The summed E-state index contributed by atoms with van der Waals surface area (Å²) in [6.07, 6.45) is 1.37. The Morgan fingerprint density at radius 3 is 2.18 bits per heavy atom. The summed E-state index contributed by atoms with van der Waals surface area (Å²) in [5.41, 5.74) is 2.78. The van der Waals surface area contributed by atoms with Gasteiger partial charge in [-0.05, 0) is 64.0 Å². The summed E-state index contributed by atoms with van der Waals surface area (Å²) in [5.74, 6) is -0.00178. The maximum Gasteiger partial charge on any atom is 0.253 e. The highest BCUT2D eigenvalue weighted by Crippen LogP contribution is 2.26. The first-order valence-electron chi connectivity index (χ1n) is 9.71. The molecule has 1 heterocycles. The summed E-state index contributed by atoms with van der Waals surface area (Å²) >= 11 is 3.45. The van der Waals surface area contributed by atoms with Gasteiger partial charge in [0.1, 0.15) is 0 Å². The van der Waals surface area contributed by atoms with Crippen molar-refractivity contribution in [2.45, 2.75) is 39.0 Å². The second-order valence-electron chi connectivity index (χ2n) is 8.36. The van der Waals surface area contributed by atoms with Crippen molar-refractivity contribution in [3.63, 3.8) is 0 Å². The van der Waals surface area contributed by atoms with Gasteiger partial charge < -0.3 is 10.2 Å². The molecule has 28 heavy (non-hydrogen) atoms. The number of carbonyl (C=O) groups excluding carboxylic acids is 2. The van der Waals surface area contributed by atoms with E-state index >= 15 is 0 Å². The van der Waals surface area contributed by atoms with Crippen LogP contribution in [0.25, 0.3) is 0 Å². The largest absolute Gasteiger partial charge is 0.339 e. The number of likely N-dealkylation sites (tertiary alicyclic amines) is 1. The lowest BCUT2D eigenvalue weighted by Crippen LogP contribution is -2.41. The summed E-state index contributed by atoms with van der Waals surface area (Å²) in [7, 11) is 0. The van der Waals surface area contributed by atoms with Crippen molar-refractivity contribution < 1.29 is 9.59 Å². The van der Waals surface area contributed by atoms with E-state index in [0.29, 0.717) is 31.5 Å². The maximum absolute atomic E-state index is 12.8. The summed E-state index contributed by atoms with van der Waals surface area (Å²) in [6.45, 7) is 7.69. The van der Waals surface area contributed by atoms with E-state index in [9.17, 15) is 9.59 Å². The Kier molecular flexibility index (Phi) is 6.23. The number of piperidine rings is 1. The SMILES string of the molecule is CC(C)(C)c1ccc(C(=O)N2CCC(C(=O)Nc3ccccc3Br)CC2)cc1. The fraction of sp³-hybridized carbons (Fsp3) is 0.391. The predicted molar refractivity (Wildman–Crippen MR) is 117 cm³/mol. The van der Waals surface area contributed by atoms with Crippen LogP contribution in [0.15, 0.2) is 53.0 Å². The number of amides is 2. The molecule has 0 saturated carbocycles. The Hall–Kier alpha value is -2.14. The van der Waals surface area contributed by atoms with Crippen LogP contribution in [0.2, 0.25) is 0 Å². The van der Waals surface area contributed by atoms with Crippen LogP contribution >= 0.6 is 15.9 Å². The van der Waals surface area contributed by atoms with E-state index in [0.717, 1.165) is 10.2 Å². The lowest BCUT2D eigenvalue weighted by atomic mass is 9.86. The first-order valence-corrected chi connectivity index (χ1v) is 10.5. The van der Waals surface area contributed by atoms with Crippen LogP contribution in [-0.4, -0.2) is 29.8 Å². The minimum Gasteiger partial charge on any atom is -0.339 e. The second kappa shape index (κ2) is 8.48. The number of anilines is 1. The lowest BCUT2D eigenvalue weighted by molar-refractivity contribution is -0.121. The Bertz CT molecular complexity index is 848. The molecule has 0 bridgehead atoms. The number of rotatable bonds is 3. The van der Waals surface area contributed by atoms with Crippen molar-refractivity contribution in [3.05, 3.63) is 64.1 Å². The third-order valence-electron chi connectivity index (χ3n) is 5.28. The van der Waals surface area contributed by atoms with Crippen LogP contribution in [0, 0.1) is 5.92 Å². The number of hydrogen-bond acceptors (Lipinski definition) is 2. The van der Waals surface area contributed by atoms with Gasteiger partial charge in [-0.1, -0.05) is 45.0 Å². The fourth-order valence-corrected chi connectivity index (χ4v) is 3.82. The molecule has 0 radical (unpaired) electrons. The van der Waals surface area contributed by atoms with E-state index in [1.54, 1.807) is 0 Å². The average Bonchev–Trinajstić information content (AvgIpc) is 2.69. The third kappa shape index (κ3) is 4.82. The van der Waals surface area contributed by atoms with Gasteiger partial charge in [-0.2, -0.15) is 0 Å². The molecule has 0 aromatic heterocycles. The Morgan fingerprint density at radius 1 is 1.00 bits per heavy atom. The van der Waals surface area contributed by atoms with Crippen LogP contribution in [-0.2, 0) is 10.2 Å². The van der Waals surface area contributed by atoms with Crippen LogP contribution < -0.4 is 5.32 Å². The predicted octanol–water partition coefficient (Wildman–Crippen LogP) is 5.24. The highest BCUT2D eigenvalue weighted by Gasteiger charge is 2.28. The van der Waals surface area contributed by atoms with Crippen molar-refractivity contribution in [3.8, 4) is 0 Å². The van der Waals surface area contributed by atoms with Gasteiger partial charge in [0.05, 0.1) is 5.69 Å². The van der Waals surface area contributed by atoms with Gasteiger partial charge in [-0.15, -0.1) is 0 Å². The zero-order valence-electron chi connectivity index (χ0n) is 16.7. The monoisotopic (exact) mass is 442 g/mol. The quantitative estimate of drug-likeness (QED) is 0.706. The van der Waals surface area contributed by atoms with Crippen molar-refractivity contribution >= 4 is 33.4 Å². The molecule has 4 nitrogen and oxygen atoms in total. The second-order valence-corrected chi connectivity index (χ2v) is 9.22. The highest BCUT2D eigenvalue weighted by molar-refractivity contribution is 9.10. The molecule has 0 atom stereocenters. The van der Waals surface area contributed by atoms with E-state index in [-0.39, 0.29) is 23.1 Å². The Morgan fingerprint density at radius 2 is 1.61 bits per heavy atom. The molecule has 5 heteroatoms. The normalized spacial score (nSPS) is 15.4. The Labute approximate surface area is 175 Å². The summed E-state index contributed by atoms with van der Waals surface area (Å²) in [4.78, 5) is 27.2. The number of para-hydroxylation sites is 1. The lowest BCUT2D eigenvalue weighted by Gasteiger charge is -2.31. The van der Waals surface area contributed by atoms with Crippen molar-refractivity contribution in [1.82, 2.24) is 4.90 Å². The van der Waals surface area contributed by atoms with Crippen molar-refractivity contribution in [1.29, 1.82) is 0 Å². The first-order chi connectivity index (χ1) is 13.3. The molecule has 3 rings (SSSR count). The van der Waals surface area contributed by atoms with Gasteiger partial charge in [0.15, 0.2) is 0 Å². The number of nitrogens with one attached hydrogen (secondary N) is 1. The summed E-state index contributed by atoms with van der Waals surface area (Å²) in [6, 6.07) is 15.5. The molecule has 1 aliphatic heterocycles. The molecular weight excluding hydrogens is 416 g/mol. The summed E-state index contributed by atoms with van der Waals surface area (Å²) in [5, 5.41) is 2.99. The zero-order chi connectivity index (χ0) is 20.3. The smallest absolute Gasteiger partial charge is 0.253 e. The first kappa shape index (κ1) is 20.6. The van der Waals surface area contributed by atoms with Crippen LogP contribution in [0.3, 0.4) is 0 Å². The molecule has 2 amide bonds. The number of hydrogen-bond donors (Lipinski definition) is 1. The van der Waals surface area contributed by atoms with E-state index < -0.39 is 0 Å². The molecular formula is C23H27BrN2O2. The van der Waals surface area contributed by atoms with Crippen molar-refractivity contribution in [2.75, 3.05) is 18.4 Å². The number of nitrogens with zero attached hydrogens (tertiary/aromatic N) is 1. The topological polar surface area (TPSA) is 49.4 Å². The van der Waals surface area contributed by atoms with Gasteiger partial charge in [0.2, 0.25) is 5.91 Å². The zero-order valence-corrected chi connectivity index (χ0v) is 18.3. The molecule has 1 aliphatic rings. The molecule has 1 saturated heterocycles. The summed E-state index contributed by atoms with van der Waals surface area (Å²) < 4.78 is 0.870. The number of benzene rings is 2. The van der Waals surface area contributed by atoms with Crippen molar-refractivity contribution in [2.24, 2.45) is 5.92 Å². The molecule has 1 fully saturated rings. The molecule has 148 valence electrons. The standard InChI is InChI=1S/C23H27BrN2O2/c1-23(2,3)18-10-8-17(9-11-18)22(28)26-14-12-16(13-15-26)21(27)25-20-7-5-4-6-19(20)24/h4-11,16H,12-15H2,1-3H3,(H,25,27). The van der Waals surface area contributed by atoms with Gasteiger partial charge in [0, 0.05) is 29.0 Å². The van der Waals surface area contributed by atoms with E-state index in [2.05, 4.69) is 42.0 Å². The number of carbonyl (C=O) groups is 2. The fourth-order valence-electron chi connectivity index (χ4n) is 3.44. The maximum atomic E-state index is 12.8. The van der Waals surface area contributed by atoms with Crippen LogP contribution in [0.1, 0.15) is 49.5 Å². The van der Waals surface area contributed by atoms with Crippen LogP contribution in [0.4, 0.5) is 5.69 Å².